The van der Waals surface area contributed by atoms with Gasteiger partial charge in [0.05, 0.1) is 6.10 Å². The molecular weight excluding hydrogens is 554 g/mol. The van der Waals surface area contributed by atoms with Gasteiger partial charge in [0.25, 0.3) is 0 Å². The second kappa shape index (κ2) is 11.5. The smallest absolute Gasteiger partial charge is 0.231 e. The Balaban J connectivity index is 1.18. The lowest BCUT2D eigenvalue weighted by Crippen LogP contribution is -2.45. The number of nitrogens with zero attached hydrogens (tertiary/aromatic N) is 1. The van der Waals surface area contributed by atoms with Gasteiger partial charge in [-0.3, -0.25) is 4.99 Å². The molecule has 2 saturated carbocycles. The van der Waals surface area contributed by atoms with Crippen molar-refractivity contribution >= 4 is 28.7 Å². The van der Waals surface area contributed by atoms with Crippen LogP contribution in [0.15, 0.2) is 76.3 Å². The van der Waals surface area contributed by atoms with Crippen LogP contribution in [0.2, 0.25) is 0 Å². The number of hydrogen-bond donors (Lipinski definition) is 3. The fourth-order valence-electron chi connectivity index (χ4n) is 8.49. The van der Waals surface area contributed by atoms with Gasteiger partial charge in [-0.1, -0.05) is 42.7 Å². The molecule has 7 rings (SSSR count). The fourth-order valence-corrected chi connectivity index (χ4v) is 8.67. The van der Waals surface area contributed by atoms with Crippen molar-refractivity contribution in [2.75, 3.05) is 18.8 Å². The number of anilines is 1. The highest BCUT2D eigenvalue weighted by atomic mass is 32.1. The maximum Gasteiger partial charge on any atom is 0.231 e. The Kier molecular flexibility index (Phi) is 7.53. The molecule has 5 aliphatic rings. The minimum Gasteiger partial charge on any atom is -0.454 e. The van der Waals surface area contributed by atoms with E-state index in [1.165, 1.54) is 16.7 Å². The van der Waals surface area contributed by atoms with Crippen LogP contribution in [-0.4, -0.2) is 35.5 Å². The molecule has 2 aromatic carbocycles. The minimum absolute atomic E-state index is 0.0405. The molecule has 222 valence electrons. The van der Waals surface area contributed by atoms with E-state index in [1.807, 2.05) is 37.3 Å². The molecular formula is C36H39N3O3S. The molecule has 0 spiro atoms. The van der Waals surface area contributed by atoms with Crippen molar-refractivity contribution in [3.05, 3.63) is 76.9 Å². The molecule has 7 heteroatoms. The second-order valence-corrected chi connectivity index (χ2v) is 13.1. The van der Waals surface area contributed by atoms with Crippen molar-refractivity contribution in [1.82, 2.24) is 5.32 Å². The first-order valence-electron chi connectivity index (χ1n) is 15.5. The summed E-state index contributed by atoms with van der Waals surface area (Å²) in [5.41, 5.74) is 7.71. The van der Waals surface area contributed by atoms with Crippen molar-refractivity contribution in [1.29, 1.82) is 0 Å². The van der Waals surface area contributed by atoms with Crippen molar-refractivity contribution in [2.24, 2.45) is 28.2 Å². The summed E-state index contributed by atoms with van der Waals surface area (Å²) in [4.78, 5) is 4.88. The van der Waals surface area contributed by atoms with Gasteiger partial charge in [0.2, 0.25) is 6.79 Å². The molecule has 43 heavy (non-hydrogen) atoms. The van der Waals surface area contributed by atoms with Crippen LogP contribution in [0.3, 0.4) is 0 Å². The summed E-state index contributed by atoms with van der Waals surface area (Å²) in [7, 11) is 0. The van der Waals surface area contributed by atoms with Crippen molar-refractivity contribution < 1.29 is 14.6 Å². The Bertz CT molecular complexity index is 1590. The summed E-state index contributed by atoms with van der Waals surface area (Å²) >= 11 is 5.47. The Morgan fingerprint density at radius 3 is 2.79 bits per heavy atom. The normalized spacial score (nSPS) is 31.3. The van der Waals surface area contributed by atoms with Crippen LogP contribution < -0.4 is 20.1 Å². The lowest BCUT2D eigenvalue weighted by molar-refractivity contribution is -0.0102. The van der Waals surface area contributed by atoms with Gasteiger partial charge in [0, 0.05) is 23.2 Å². The molecule has 0 saturated heterocycles. The Labute approximate surface area is 259 Å². The monoisotopic (exact) mass is 593 g/mol. The van der Waals surface area contributed by atoms with E-state index in [0.717, 1.165) is 61.4 Å². The SMILES string of the molecule is CC#CC1CC2[C@@H]3CCC4=CC(=NCNC(=S)Nc5ccccc5)CCC4=C3[C@@H](c3ccc4c(c3)OCO4)C[C@]2(C)[C@H]1O. The topological polar surface area (TPSA) is 75.1 Å². The lowest BCUT2D eigenvalue weighted by Gasteiger charge is -2.52. The van der Waals surface area contributed by atoms with E-state index in [0.29, 0.717) is 23.6 Å². The maximum atomic E-state index is 11.6. The molecule has 0 radical (unpaired) electrons. The van der Waals surface area contributed by atoms with Gasteiger partial charge in [0.1, 0.15) is 6.67 Å². The number of allylic oxidation sites excluding steroid dienone is 4. The molecule has 2 fully saturated rings. The average molecular weight is 594 g/mol. The van der Waals surface area contributed by atoms with Gasteiger partial charge in [-0.15, -0.1) is 5.92 Å². The highest BCUT2D eigenvalue weighted by Crippen LogP contribution is 2.65. The zero-order chi connectivity index (χ0) is 29.6. The third-order valence-electron chi connectivity index (χ3n) is 10.4. The van der Waals surface area contributed by atoms with Crippen LogP contribution in [0.5, 0.6) is 11.5 Å². The number of para-hydroxylation sites is 1. The van der Waals surface area contributed by atoms with E-state index in [4.69, 9.17) is 26.7 Å². The Morgan fingerprint density at radius 2 is 1.95 bits per heavy atom. The van der Waals surface area contributed by atoms with Gasteiger partial charge in [-0.2, -0.15) is 0 Å². The molecule has 1 aliphatic heterocycles. The summed E-state index contributed by atoms with van der Waals surface area (Å²) in [6.07, 6.45) is 7.86. The van der Waals surface area contributed by atoms with Gasteiger partial charge in [-0.05, 0) is 122 Å². The second-order valence-electron chi connectivity index (χ2n) is 12.7. The summed E-state index contributed by atoms with van der Waals surface area (Å²) < 4.78 is 11.4. The van der Waals surface area contributed by atoms with E-state index < -0.39 is 6.10 Å². The van der Waals surface area contributed by atoms with Crippen LogP contribution in [0.25, 0.3) is 0 Å². The average Bonchev–Trinajstić information content (AvgIpc) is 3.59. The molecule has 0 aromatic heterocycles. The summed E-state index contributed by atoms with van der Waals surface area (Å²) in [6.45, 7) is 4.93. The number of ether oxygens (including phenoxy) is 2. The molecule has 1 heterocycles. The highest BCUT2D eigenvalue weighted by Gasteiger charge is 2.59. The Morgan fingerprint density at radius 1 is 1.12 bits per heavy atom. The van der Waals surface area contributed by atoms with Gasteiger partial charge in [0.15, 0.2) is 16.6 Å². The highest BCUT2D eigenvalue weighted by molar-refractivity contribution is 7.80. The van der Waals surface area contributed by atoms with Crippen LogP contribution in [0, 0.1) is 35.0 Å². The molecule has 6 nitrogen and oxygen atoms in total. The number of fused-ring (bicyclic) bond motifs is 5. The van der Waals surface area contributed by atoms with E-state index in [1.54, 1.807) is 5.57 Å². The first kappa shape index (κ1) is 28.2. The lowest BCUT2D eigenvalue weighted by atomic mass is 9.53. The van der Waals surface area contributed by atoms with E-state index in [2.05, 4.69) is 53.7 Å². The largest absolute Gasteiger partial charge is 0.454 e. The summed E-state index contributed by atoms with van der Waals surface area (Å²) in [6, 6.07) is 16.4. The summed E-state index contributed by atoms with van der Waals surface area (Å²) in [5.74, 6) is 9.25. The van der Waals surface area contributed by atoms with E-state index >= 15 is 0 Å². The first-order chi connectivity index (χ1) is 20.9. The number of aliphatic hydroxyl groups excluding tert-OH is 1. The van der Waals surface area contributed by atoms with E-state index in [-0.39, 0.29) is 24.0 Å². The number of nitrogens with one attached hydrogen (secondary N) is 2. The molecule has 6 atom stereocenters. The molecule has 2 aromatic rings. The minimum atomic E-state index is -0.412. The van der Waals surface area contributed by atoms with E-state index in [9.17, 15) is 5.11 Å². The number of hydrogen-bond acceptors (Lipinski definition) is 5. The van der Waals surface area contributed by atoms with Gasteiger partial charge in [-0.25, -0.2) is 0 Å². The predicted molar refractivity (Wildman–Crippen MR) is 174 cm³/mol. The molecule has 3 N–H and O–H groups in total. The van der Waals surface area contributed by atoms with Gasteiger partial charge < -0.3 is 25.2 Å². The molecule has 0 amide bonds. The van der Waals surface area contributed by atoms with Crippen LogP contribution >= 0.6 is 12.2 Å². The van der Waals surface area contributed by atoms with Crippen LogP contribution in [-0.2, 0) is 0 Å². The van der Waals surface area contributed by atoms with Crippen molar-refractivity contribution in [3.63, 3.8) is 0 Å². The van der Waals surface area contributed by atoms with Crippen molar-refractivity contribution in [3.8, 4) is 23.3 Å². The first-order valence-corrected chi connectivity index (χ1v) is 15.9. The number of aliphatic imine (C=N–C) groups is 1. The van der Waals surface area contributed by atoms with Crippen LogP contribution in [0.4, 0.5) is 5.69 Å². The maximum absolute atomic E-state index is 11.6. The zero-order valence-electron chi connectivity index (χ0n) is 24.9. The fraction of sp³-hybridized carbons (Fsp3) is 0.444. The number of thiocarbonyl (C=S) groups is 1. The quantitative estimate of drug-likeness (QED) is 0.269. The summed E-state index contributed by atoms with van der Waals surface area (Å²) in [5, 5.41) is 18.7. The molecule has 4 aliphatic carbocycles. The molecule has 2 unspecified atom stereocenters. The number of benzene rings is 2. The predicted octanol–water partition coefficient (Wildman–Crippen LogP) is 6.74. The number of aliphatic hydroxyl groups is 1. The number of rotatable bonds is 4. The standard InChI is InChI=1S/C36H39N3O3S/c1-3-7-24-17-30-28-13-10-22-16-26(37-20-38-35(43)39-25-8-5-4-6-9-25)12-14-27(22)33(28)29(19-36(30,2)34(24)40)23-11-15-31-32(18-23)42-21-41-31/h4-6,8-9,11,15-16,18,24,28-30,34,40H,10,12-14,17,19-21H2,1-2H3,(H2,38,39,43)/t24?,28-,29+,30?,34-,36-/m0/s1. The third-order valence-corrected chi connectivity index (χ3v) is 10.7. The van der Waals surface area contributed by atoms with Gasteiger partial charge >= 0.3 is 0 Å². The zero-order valence-corrected chi connectivity index (χ0v) is 25.7. The van der Waals surface area contributed by atoms with Crippen LogP contribution in [0.1, 0.15) is 63.9 Å². The van der Waals surface area contributed by atoms with Crippen molar-refractivity contribution in [2.45, 2.75) is 64.4 Å². The molecule has 0 bridgehead atoms. The Hall–Kier alpha value is -3.60. The third kappa shape index (κ3) is 5.15.